The molecule has 2 amide bonds. The topological polar surface area (TPSA) is 96.0 Å². The van der Waals surface area contributed by atoms with Gasteiger partial charge in [0.2, 0.25) is 21.8 Å². The minimum atomic E-state index is -3.63. The van der Waals surface area contributed by atoms with E-state index in [2.05, 4.69) is 5.32 Å². The number of rotatable bonds is 7. The van der Waals surface area contributed by atoms with Crippen molar-refractivity contribution in [2.24, 2.45) is 0 Å². The lowest BCUT2D eigenvalue weighted by Crippen LogP contribution is -2.71. The molecule has 1 aromatic rings. The van der Waals surface area contributed by atoms with Gasteiger partial charge >= 0.3 is 0 Å². The largest absolute Gasteiger partial charge is 0.497 e. The first-order valence-electron chi connectivity index (χ1n) is 11.0. The SMILES string of the molecule is CCCS(=O)(=O)N1CC(=O)N(c2ccc(OC)cc2)C(C)(C(=O)NC2CCCCC2)C1. The first-order valence-corrected chi connectivity index (χ1v) is 12.6. The Kier molecular flexibility index (Phi) is 7.26. The van der Waals surface area contributed by atoms with Crippen LogP contribution in [0.1, 0.15) is 52.4 Å². The summed E-state index contributed by atoms with van der Waals surface area (Å²) in [6.45, 7) is 3.08. The number of carbonyl (C=O) groups excluding carboxylic acids is 2. The molecule has 0 radical (unpaired) electrons. The normalized spacial score (nSPS) is 23.6. The Morgan fingerprint density at radius 3 is 2.42 bits per heavy atom. The maximum Gasteiger partial charge on any atom is 0.247 e. The van der Waals surface area contributed by atoms with Crippen LogP contribution < -0.4 is 15.0 Å². The molecule has 1 aliphatic heterocycles. The number of sulfonamides is 1. The molecule has 3 rings (SSSR count). The van der Waals surface area contributed by atoms with E-state index in [0.29, 0.717) is 17.9 Å². The highest BCUT2D eigenvalue weighted by atomic mass is 32.2. The molecule has 31 heavy (non-hydrogen) atoms. The smallest absolute Gasteiger partial charge is 0.247 e. The fourth-order valence-corrected chi connectivity index (χ4v) is 6.00. The van der Waals surface area contributed by atoms with Crippen molar-refractivity contribution in [3.8, 4) is 5.75 Å². The van der Waals surface area contributed by atoms with Crippen LogP contribution in [0.15, 0.2) is 24.3 Å². The molecule has 9 heteroatoms. The monoisotopic (exact) mass is 451 g/mol. The van der Waals surface area contributed by atoms with Crippen LogP contribution in [-0.2, 0) is 19.6 Å². The third-order valence-electron chi connectivity index (χ3n) is 6.15. The first kappa shape index (κ1) is 23.5. The molecule has 1 saturated heterocycles. The molecule has 0 spiro atoms. The van der Waals surface area contributed by atoms with Crippen LogP contribution >= 0.6 is 0 Å². The van der Waals surface area contributed by atoms with Gasteiger partial charge in [0.25, 0.3) is 0 Å². The van der Waals surface area contributed by atoms with Crippen molar-refractivity contribution in [3.05, 3.63) is 24.3 Å². The molecule has 8 nitrogen and oxygen atoms in total. The lowest BCUT2D eigenvalue weighted by Gasteiger charge is -2.47. The first-order chi connectivity index (χ1) is 14.7. The third kappa shape index (κ3) is 5.03. The summed E-state index contributed by atoms with van der Waals surface area (Å²) in [5.41, 5.74) is -0.818. The molecule has 1 heterocycles. The van der Waals surface area contributed by atoms with Gasteiger partial charge in [0, 0.05) is 18.3 Å². The molecule has 2 aliphatic rings. The van der Waals surface area contributed by atoms with Crippen LogP contribution in [0.5, 0.6) is 5.75 Å². The van der Waals surface area contributed by atoms with Gasteiger partial charge in [-0.3, -0.25) is 14.5 Å². The number of carbonyl (C=O) groups is 2. The van der Waals surface area contributed by atoms with Gasteiger partial charge in [-0.1, -0.05) is 26.2 Å². The van der Waals surface area contributed by atoms with Gasteiger partial charge < -0.3 is 10.1 Å². The van der Waals surface area contributed by atoms with E-state index in [0.717, 1.165) is 32.1 Å². The van der Waals surface area contributed by atoms with Crippen LogP contribution in [-0.4, -0.2) is 62.1 Å². The molecule has 1 atom stereocenters. The van der Waals surface area contributed by atoms with Crippen molar-refractivity contribution in [2.75, 3.05) is 30.9 Å². The fourth-order valence-electron chi connectivity index (χ4n) is 4.47. The number of benzene rings is 1. The van der Waals surface area contributed by atoms with Crippen molar-refractivity contribution in [3.63, 3.8) is 0 Å². The van der Waals surface area contributed by atoms with E-state index in [9.17, 15) is 18.0 Å². The van der Waals surface area contributed by atoms with Crippen LogP contribution in [0.3, 0.4) is 0 Å². The van der Waals surface area contributed by atoms with Crippen LogP contribution in [0.25, 0.3) is 0 Å². The minimum absolute atomic E-state index is 0.0496. The van der Waals surface area contributed by atoms with E-state index in [1.165, 1.54) is 9.21 Å². The molecule has 1 aromatic carbocycles. The number of nitrogens with zero attached hydrogens (tertiary/aromatic N) is 2. The molecule has 1 saturated carbocycles. The second kappa shape index (κ2) is 9.56. The quantitative estimate of drug-likeness (QED) is 0.686. The number of nitrogens with one attached hydrogen (secondary N) is 1. The molecule has 1 aliphatic carbocycles. The number of hydrogen-bond donors (Lipinski definition) is 1. The zero-order chi connectivity index (χ0) is 22.6. The predicted molar refractivity (Wildman–Crippen MR) is 120 cm³/mol. The highest BCUT2D eigenvalue weighted by molar-refractivity contribution is 7.89. The third-order valence-corrected chi connectivity index (χ3v) is 8.12. The summed E-state index contributed by atoms with van der Waals surface area (Å²) in [6, 6.07) is 6.94. The number of ether oxygens (including phenoxy) is 1. The van der Waals surface area contributed by atoms with Crippen molar-refractivity contribution >= 4 is 27.5 Å². The van der Waals surface area contributed by atoms with Gasteiger partial charge in [0.1, 0.15) is 11.3 Å². The second-order valence-corrected chi connectivity index (χ2v) is 10.7. The van der Waals surface area contributed by atoms with E-state index >= 15 is 0 Å². The summed E-state index contributed by atoms with van der Waals surface area (Å²) < 4.78 is 31.9. The zero-order valence-corrected chi connectivity index (χ0v) is 19.4. The van der Waals surface area contributed by atoms with E-state index in [1.54, 1.807) is 45.2 Å². The Labute approximate surface area is 185 Å². The van der Waals surface area contributed by atoms with Crippen molar-refractivity contribution < 1.29 is 22.7 Å². The molecule has 0 bridgehead atoms. The van der Waals surface area contributed by atoms with Crippen molar-refractivity contribution in [1.29, 1.82) is 0 Å². The molecule has 2 fully saturated rings. The van der Waals surface area contributed by atoms with E-state index in [-0.39, 0.29) is 30.8 Å². The standard InChI is InChI=1S/C22H33N3O5S/c1-4-14-31(28,29)24-15-20(26)25(18-10-12-19(30-3)13-11-18)22(2,16-24)21(27)23-17-8-6-5-7-9-17/h10-13,17H,4-9,14-16H2,1-3H3,(H,23,27). The Hall–Kier alpha value is -2.13. The zero-order valence-electron chi connectivity index (χ0n) is 18.6. The summed E-state index contributed by atoms with van der Waals surface area (Å²) >= 11 is 0. The van der Waals surface area contributed by atoms with Gasteiger partial charge in [0.15, 0.2) is 0 Å². The lowest BCUT2D eigenvalue weighted by atomic mass is 9.91. The van der Waals surface area contributed by atoms with Crippen LogP contribution in [0.2, 0.25) is 0 Å². The number of amides is 2. The Bertz CT molecular complexity index is 896. The highest BCUT2D eigenvalue weighted by Crippen LogP contribution is 2.32. The van der Waals surface area contributed by atoms with Crippen molar-refractivity contribution in [1.82, 2.24) is 9.62 Å². The van der Waals surface area contributed by atoms with Gasteiger partial charge in [0.05, 0.1) is 19.4 Å². The Morgan fingerprint density at radius 2 is 1.84 bits per heavy atom. The molecule has 172 valence electrons. The molecule has 1 unspecified atom stereocenters. The minimum Gasteiger partial charge on any atom is -0.497 e. The summed E-state index contributed by atoms with van der Waals surface area (Å²) in [4.78, 5) is 28.2. The predicted octanol–water partition coefficient (Wildman–Crippen LogP) is 2.29. The van der Waals surface area contributed by atoms with E-state index in [4.69, 9.17) is 4.74 Å². The number of anilines is 1. The molecular formula is C22H33N3O5S. The summed E-state index contributed by atoms with van der Waals surface area (Å²) in [6.07, 6.45) is 5.51. The van der Waals surface area contributed by atoms with Gasteiger partial charge in [-0.05, 0) is 50.5 Å². The average Bonchev–Trinajstić information content (AvgIpc) is 2.74. The Balaban J connectivity index is 1.96. The lowest BCUT2D eigenvalue weighted by molar-refractivity contribution is -0.133. The average molecular weight is 452 g/mol. The van der Waals surface area contributed by atoms with Crippen molar-refractivity contribution in [2.45, 2.75) is 64.0 Å². The van der Waals surface area contributed by atoms with Crippen LogP contribution in [0.4, 0.5) is 5.69 Å². The van der Waals surface area contributed by atoms with Crippen LogP contribution in [0, 0.1) is 0 Å². The maximum atomic E-state index is 13.5. The van der Waals surface area contributed by atoms with Gasteiger partial charge in [-0.25, -0.2) is 8.42 Å². The van der Waals surface area contributed by atoms with Gasteiger partial charge in [-0.15, -0.1) is 0 Å². The van der Waals surface area contributed by atoms with E-state index in [1.807, 2.05) is 0 Å². The Morgan fingerprint density at radius 1 is 1.19 bits per heavy atom. The number of hydrogen-bond acceptors (Lipinski definition) is 5. The summed E-state index contributed by atoms with van der Waals surface area (Å²) in [5, 5.41) is 3.10. The maximum absolute atomic E-state index is 13.5. The summed E-state index contributed by atoms with van der Waals surface area (Å²) in [5.74, 6) is -0.158. The second-order valence-electron chi connectivity index (χ2n) is 8.59. The number of methoxy groups -OCH3 is 1. The van der Waals surface area contributed by atoms with E-state index < -0.39 is 21.5 Å². The molecule has 1 N–H and O–H groups in total. The van der Waals surface area contributed by atoms with Gasteiger partial charge in [-0.2, -0.15) is 4.31 Å². The molecule has 0 aromatic heterocycles. The fraction of sp³-hybridized carbons (Fsp3) is 0.636. The highest BCUT2D eigenvalue weighted by Gasteiger charge is 2.51. The molecular weight excluding hydrogens is 418 g/mol. The summed E-state index contributed by atoms with van der Waals surface area (Å²) in [7, 11) is -2.08. The number of piperazine rings is 1.